The highest BCUT2D eigenvalue weighted by molar-refractivity contribution is 5.98. The van der Waals surface area contributed by atoms with Crippen molar-refractivity contribution in [1.29, 1.82) is 0 Å². The van der Waals surface area contributed by atoms with E-state index in [0.29, 0.717) is 13.2 Å². The predicted molar refractivity (Wildman–Crippen MR) is 81.2 cm³/mol. The zero-order valence-corrected chi connectivity index (χ0v) is 12.9. The first-order valence-electron chi connectivity index (χ1n) is 7.39. The second kappa shape index (κ2) is 6.06. The minimum absolute atomic E-state index is 0.0598. The quantitative estimate of drug-likeness (QED) is 0.859. The molecule has 1 saturated heterocycles. The molecule has 1 aliphatic rings. The molecule has 0 amide bonds. The molecule has 0 spiro atoms. The number of benzene rings is 1. The van der Waals surface area contributed by atoms with Crippen molar-refractivity contribution in [2.24, 2.45) is 5.92 Å². The van der Waals surface area contributed by atoms with E-state index < -0.39 is 0 Å². The zero-order chi connectivity index (χ0) is 14.8. The molecular weight excluding hydrogens is 250 g/mol. The van der Waals surface area contributed by atoms with Gasteiger partial charge in [-0.1, -0.05) is 52.0 Å². The third-order valence-electron chi connectivity index (χ3n) is 3.92. The topological polar surface area (TPSA) is 38.3 Å². The van der Waals surface area contributed by atoms with Crippen LogP contribution in [0.4, 0.5) is 0 Å². The molecule has 2 rings (SSSR count). The summed E-state index contributed by atoms with van der Waals surface area (Å²) in [5.41, 5.74) is 2.15. The van der Waals surface area contributed by atoms with E-state index in [1.54, 1.807) is 0 Å². The van der Waals surface area contributed by atoms with Crippen LogP contribution in [-0.4, -0.2) is 31.6 Å². The molecule has 2 atom stereocenters. The van der Waals surface area contributed by atoms with Gasteiger partial charge in [0.2, 0.25) is 0 Å². The largest absolute Gasteiger partial charge is 0.379 e. The fourth-order valence-corrected chi connectivity index (χ4v) is 2.62. The van der Waals surface area contributed by atoms with Gasteiger partial charge in [-0.2, -0.15) is 0 Å². The number of carbonyl (C=O) groups excluding carboxylic acids is 1. The van der Waals surface area contributed by atoms with Crippen molar-refractivity contribution in [1.82, 2.24) is 5.32 Å². The van der Waals surface area contributed by atoms with Crippen LogP contribution in [0.2, 0.25) is 0 Å². The molecule has 0 aliphatic carbocycles. The summed E-state index contributed by atoms with van der Waals surface area (Å²) in [6.07, 6.45) is 0. The number of likely N-dealkylation sites (N-methyl/N-ethyl adjacent to an activating group) is 1. The van der Waals surface area contributed by atoms with Gasteiger partial charge in [-0.25, -0.2) is 0 Å². The molecule has 2 unspecified atom stereocenters. The Morgan fingerprint density at radius 3 is 2.45 bits per heavy atom. The van der Waals surface area contributed by atoms with E-state index in [1.807, 2.05) is 12.1 Å². The molecular formula is C17H25NO2. The van der Waals surface area contributed by atoms with Gasteiger partial charge in [0.25, 0.3) is 0 Å². The van der Waals surface area contributed by atoms with Gasteiger partial charge in [-0.3, -0.25) is 4.79 Å². The highest BCUT2D eigenvalue weighted by Crippen LogP contribution is 2.24. The number of ketones is 1. The minimum atomic E-state index is -0.0598. The van der Waals surface area contributed by atoms with Crippen LogP contribution in [0.15, 0.2) is 24.3 Å². The van der Waals surface area contributed by atoms with Crippen molar-refractivity contribution in [3.05, 3.63) is 35.4 Å². The molecule has 0 saturated carbocycles. The van der Waals surface area contributed by atoms with Crippen molar-refractivity contribution in [3.63, 3.8) is 0 Å². The molecule has 110 valence electrons. The molecule has 1 aromatic rings. The fraction of sp³-hybridized carbons (Fsp3) is 0.588. The summed E-state index contributed by atoms with van der Waals surface area (Å²) < 4.78 is 5.46. The summed E-state index contributed by atoms with van der Waals surface area (Å²) in [7, 11) is 0. The average Bonchev–Trinajstić information content (AvgIpc) is 2.86. The molecule has 1 N–H and O–H groups in total. The van der Waals surface area contributed by atoms with Gasteiger partial charge in [0.05, 0.1) is 19.1 Å². The Morgan fingerprint density at radius 2 is 1.90 bits per heavy atom. The maximum Gasteiger partial charge on any atom is 0.169 e. The van der Waals surface area contributed by atoms with Crippen LogP contribution in [0, 0.1) is 5.92 Å². The summed E-state index contributed by atoms with van der Waals surface area (Å²) >= 11 is 0. The van der Waals surface area contributed by atoms with Crippen molar-refractivity contribution in [2.45, 2.75) is 39.2 Å². The van der Waals surface area contributed by atoms with Gasteiger partial charge in [0.15, 0.2) is 5.78 Å². The number of rotatable bonds is 4. The minimum Gasteiger partial charge on any atom is -0.379 e. The normalized spacial score (nSPS) is 23.0. The Kier molecular flexibility index (Phi) is 4.61. The number of carbonyl (C=O) groups is 1. The second-order valence-electron chi connectivity index (χ2n) is 6.50. The Hall–Kier alpha value is -1.19. The Labute approximate surface area is 121 Å². The summed E-state index contributed by atoms with van der Waals surface area (Å²) in [4.78, 5) is 12.6. The molecule has 3 heteroatoms. The highest BCUT2D eigenvalue weighted by Gasteiger charge is 2.33. The first-order valence-corrected chi connectivity index (χ1v) is 7.39. The number of nitrogens with one attached hydrogen (secondary N) is 1. The van der Waals surface area contributed by atoms with Crippen LogP contribution < -0.4 is 5.32 Å². The molecule has 1 aromatic carbocycles. The third-order valence-corrected chi connectivity index (χ3v) is 3.92. The standard InChI is InChI=1S/C17H25NO2/c1-5-18-15-11-20-10-14(15)16(19)12-6-8-13(9-7-12)17(2,3)4/h6-9,14-15,18H,5,10-11H2,1-4H3. The van der Waals surface area contributed by atoms with Crippen molar-refractivity contribution in [2.75, 3.05) is 19.8 Å². The first-order chi connectivity index (χ1) is 9.43. The Bertz CT molecular complexity index is 459. The van der Waals surface area contributed by atoms with Gasteiger partial charge >= 0.3 is 0 Å². The van der Waals surface area contributed by atoms with Crippen molar-refractivity contribution >= 4 is 5.78 Å². The van der Waals surface area contributed by atoms with Crippen LogP contribution in [0.25, 0.3) is 0 Å². The predicted octanol–water partition coefficient (Wildman–Crippen LogP) is 2.79. The van der Waals surface area contributed by atoms with Gasteiger partial charge in [-0.05, 0) is 17.5 Å². The lowest BCUT2D eigenvalue weighted by atomic mass is 9.85. The SMILES string of the molecule is CCNC1COCC1C(=O)c1ccc(C(C)(C)C)cc1. The third kappa shape index (κ3) is 3.28. The molecule has 3 nitrogen and oxygen atoms in total. The van der Waals surface area contributed by atoms with Gasteiger partial charge in [-0.15, -0.1) is 0 Å². The van der Waals surface area contributed by atoms with E-state index in [4.69, 9.17) is 4.74 Å². The molecule has 0 bridgehead atoms. The first kappa shape index (κ1) is 15.2. The number of hydrogen-bond donors (Lipinski definition) is 1. The highest BCUT2D eigenvalue weighted by atomic mass is 16.5. The maximum atomic E-state index is 12.6. The van der Waals surface area contributed by atoms with E-state index in [1.165, 1.54) is 5.56 Å². The molecule has 1 aliphatic heterocycles. The summed E-state index contributed by atoms with van der Waals surface area (Å²) in [6, 6.07) is 8.17. The smallest absolute Gasteiger partial charge is 0.169 e. The van der Waals surface area contributed by atoms with E-state index in [2.05, 4.69) is 45.1 Å². The summed E-state index contributed by atoms with van der Waals surface area (Å²) in [5, 5.41) is 3.34. The van der Waals surface area contributed by atoms with Gasteiger partial charge in [0.1, 0.15) is 0 Å². The number of ether oxygens (including phenoxy) is 1. The second-order valence-corrected chi connectivity index (χ2v) is 6.50. The lowest BCUT2D eigenvalue weighted by Gasteiger charge is -2.20. The molecule has 0 radical (unpaired) electrons. The van der Waals surface area contributed by atoms with Gasteiger partial charge < -0.3 is 10.1 Å². The van der Waals surface area contributed by atoms with E-state index >= 15 is 0 Å². The van der Waals surface area contributed by atoms with E-state index in [0.717, 1.165) is 12.1 Å². The zero-order valence-electron chi connectivity index (χ0n) is 12.9. The monoisotopic (exact) mass is 275 g/mol. The van der Waals surface area contributed by atoms with Crippen LogP contribution >= 0.6 is 0 Å². The van der Waals surface area contributed by atoms with Crippen LogP contribution in [0.1, 0.15) is 43.6 Å². The van der Waals surface area contributed by atoms with Crippen LogP contribution in [0.5, 0.6) is 0 Å². The van der Waals surface area contributed by atoms with E-state index in [-0.39, 0.29) is 23.2 Å². The summed E-state index contributed by atoms with van der Waals surface area (Å²) in [5.74, 6) is 0.129. The Balaban J connectivity index is 2.13. The lowest BCUT2D eigenvalue weighted by molar-refractivity contribution is 0.0891. The van der Waals surface area contributed by atoms with Gasteiger partial charge in [0, 0.05) is 11.6 Å². The molecule has 1 heterocycles. The van der Waals surface area contributed by atoms with Crippen LogP contribution in [-0.2, 0) is 10.2 Å². The van der Waals surface area contributed by atoms with Crippen molar-refractivity contribution < 1.29 is 9.53 Å². The molecule has 1 fully saturated rings. The number of hydrogen-bond acceptors (Lipinski definition) is 3. The van der Waals surface area contributed by atoms with E-state index in [9.17, 15) is 4.79 Å². The Morgan fingerprint density at radius 1 is 1.25 bits per heavy atom. The number of Topliss-reactive ketones (excluding diaryl/α,β-unsaturated/α-hetero) is 1. The lowest BCUT2D eigenvalue weighted by Crippen LogP contribution is -2.39. The summed E-state index contributed by atoms with van der Waals surface area (Å²) in [6.45, 7) is 10.6. The molecule has 20 heavy (non-hydrogen) atoms. The van der Waals surface area contributed by atoms with Crippen molar-refractivity contribution in [3.8, 4) is 0 Å². The fourth-order valence-electron chi connectivity index (χ4n) is 2.62. The molecule has 0 aromatic heterocycles. The maximum absolute atomic E-state index is 12.6. The van der Waals surface area contributed by atoms with Crippen LogP contribution in [0.3, 0.4) is 0 Å². The average molecular weight is 275 g/mol.